The summed E-state index contributed by atoms with van der Waals surface area (Å²) in [5, 5.41) is 3.29. The molecule has 16 heavy (non-hydrogen) atoms. The summed E-state index contributed by atoms with van der Waals surface area (Å²) in [4.78, 5) is 2.40. The molecule has 0 unspecified atom stereocenters. The van der Waals surface area contributed by atoms with Gasteiger partial charge < -0.3 is 10.1 Å². The van der Waals surface area contributed by atoms with E-state index in [1.54, 1.807) is 0 Å². The Morgan fingerprint density at radius 2 is 2.00 bits per heavy atom. The van der Waals surface area contributed by atoms with E-state index in [9.17, 15) is 0 Å². The summed E-state index contributed by atoms with van der Waals surface area (Å²) in [6.45, 7) is 5.98. The van der Waals surface area contributed by atoms with Gasteiger partial charge in [-0.25, -0.2) is 0 Å². The zero-order valence-corrected chi connectivity index (χ0v) is 10.1. The van der Waals surface area contributed by atoms with Crippen LogP contribution in [0.1, 0.15) is 12.5 Å². The fourth-order valence-corrected chi connectivity index (χ4v) is 1.86. The van der Waals surface area contributed by atoms with Crippen molar-refractivity contribution in [2.75, 3.05) is 26.7 Å². The van der Waals surface area contributed by atoms with Crippen LogP contribution in [0.2, 0.25) is 0 Å². The highest BCUT2D eigenvalue weighted by molar-refractivity contribution is 5.27. The number of nitrogens with one attached hydrogen (secondary N) is 1. The number of ether oxygens (including phenoxy) is 1. The van der Waals surface area contributed by atoms with Crippen LogP contribution in [0.25, 0.3) is 0 Å². The third-order valence-electron chi connectivity index (χ3n) is 3.05. The fraction of sp³-hybridized carbons (Fsp3) is 0.538. The van der Waals surface area contributed by atoms with Crippen molar-refractivity contribution in [2.45, 2.75) is 19.5 Å². The summed E-state index contributed by atoms with van der Waals surface area (Å²) < 4.78 is 5.42. The number of likely N-dealkylation sites (N-methyl/N-ethyl adjacent to an activating group) is 1. The molecular weight excluding hydrogens is 200 g/mol. The topological polar surface area (TPSA) is 24.5 Å². The minimum absolute atomic E-state index is 0.701. The first-order chi connectivity index (χ1) is 7.79. The lowest BCUT2D eigenvalue weighted by atomic mass is 10.1. The summed E-state index contributed by atoms with van der Waals surface area (Å²) in [7, 11) is 2.18. The minimum Gasteiger partial charge on any atom is -0.494 e. The standard InChI is InChI=1S/C13H20N2O/c1-3-16-13-6-4-11(5-7-13)10-15(2)12-8-14-9-12/h4-7,12,14H,3,8-10H2,1-2H3. The minimum atomic E-state index is 0.701. The molecule has 0 aliphatic carbocycles. The maximum atomic E-state index is 5.42. The highest BCUT2D eigenvalue weighted by Gasteiger charge is 2.20. The Hall–Kier alpha value is -1.06. The van der Waals surface area contributed by atoms with E-state index in [0.717, 1.165) is 32.0 Å². The van der Waals surface area contributed by atoms with Gasteiger partial charge in [-0.1, -0.05) is 12.1 Å². The first-order valence-electron chi connectivity index (χ1n) is 5.92. The molecule has 1 saturated heterocycles. The fourth-order valence-electron chi connectivity index (χ4n) is 1.86. The third-order valence-corrected chi connectivity index (χ3v) is 3.05. The van der Waals surface area contributed by atoms with E-state index in [1.807, 2.05) is 19.1 Å². The zero-order chi connectivity index (χ0) is 11.4. The van der Waals surface area contributed by atoms with E-state index in [2.05, 4.69) is 29.4 Å². The Labute approximate surface area is 97.4 Å². The largest absolute Gasteiger partial charge is 0.494 e. The molecule has 0 bridgehead atoms. The summed E-state index contributed by atoms with van der Waals surface area (Å²) in [5.74, 6) is 0.958. The predicted octanol–water partition coefficient (Wildman–Crippen LogP) is 1.49. The van der Waals surface area contributed by atoms with E-state index in [0.29, 0.717) is 6.04 Å². The highest BCUT2D eigenvalue weighted by atomic mass is 16.5. The zero-order valence-electron chi connectivity index (χ0n) is 10.1. The number of nitrogens with zero attached hydrogens (tertiary/aromatic N) is 1. The third kappa shape index (κ3) is 2.74. The van der Waals surface area contributed by atoms with Gasteiger partial charge in [-0.15, -0.1) is 0 Å². The molecule has 0 radical (unpaired) electrons. The molecule has 1 heterocycles. The van der Waals surface area contributed by atoms with Crippen LogP contribution >= 0.6 is 0 Å². The molecule has 1 N–H and O–H groups in total. The number of rotatable bonds is 5. The van der Waals surface area contributed by atoms with Crippen molar-refractivity contribution in [3.8, 4) is 5.75 Å². The Morgan fingerprint density at radius 3 is 2.50 bits per heavy atom. The van der Waals surface area contributed by atoms with E-state index < -0.39 is 0 Å². The van der Waals surface area contributed by atoms with Gasteiger partial charge >= 0.3 is 0 Å². The van der Waals surface area contributed by atoms with Crippen LogP contribution in [0.5, 0.6) is 5.75 Å². The van der Waals surface area contributed by atoms with Gasteiger partial charge in [0.25, 0.3) is 0 Å². The van der Waals surface area contributed by atoms with Gasteiger partial charge in [0.2, 0.25) is 0 Å². The lowest BCUT2D eigenvalue weighted by Gasteiger charge is -2.35. The van der Waals surface area contributed by atoms with Crippen molar-refractivity contribution >= 4 is 0 Å². The molecule has 3 heteroatoms. The van der Waals surface area contributed by atoms with Crippen molar-refractivity contribution in [1.82, 2.24) is 10.2 Å². The monoisotopic (exact) mass is 220 g/mol. The number of hydrogen-bond acceptors (Lipinski definition) is 3. The first-order valence-corrected chi connectivity index (χ1v) is 5.92. The number of benzene rings is 1. The van der Waals surface area contributed by atoms with Gasteiger partial charge in [0.15, 0.2) is 0 Å². The molecule has 1 aliphatic rings. The van der Waals surface area contributed by atoms with Crippen molar-refractivity contribution in [2.24, 2.45) is 0 Å². The first kappa shape index (κ1) is 11.4. The second-order valence-corrected chi connectivity index (χ2v) is 4.30. The molecule has 0 spiro atoms. The molecule has 0 saturated carbocycles. The smallest absolute Gasteiger partial charge is 0.119 e. The van der Waals surface area contributed by atoms with E-state index in [-0.39, 0.29) is 0 Å². The molecular formula is C13H20N2O. The SMILES string of the molecule is CCOc1ccc(CN(C)C2CNC2)cc1. The van der Waals surface area contributed by atoms with Gasteiger partial charge in [0.05, 0.1) is 6.61 Å². The Morgan fingerprint density at radius 1 is 1.31 bits per heavy atom. The number of hydrogen-bond donors (Lipinski definition) is 1. The summed E-state index contributed by atoms with van der Waals surface area (Å²) in [5.41, 5.74) is 1.35. The Bertz CT molecular complexity index is 319. The van der Waals surface area contributed by atoms with E-state index >= 15 is 0 Å². The lowest BCUT2D eigenvalue weighted by Crippen LogP contribution is -2.55. The van der Waals surface area contributed by atoms with Crippen LogP contribution in [-0.4, -0.2) is 37.7 Å². The van der Waals surface area contributed by atoms with Crippen LogP contribution < -0.4 is 10.1 Å². The van der Waals surface area contributed by atoms with Crippen LogP contribution in [0, 0.1) is 0 Å². The van der Waals surface area contributed by atoms with Crippen LogP contribution in [0.15, 0.2) is 24.3 Å². The molecule has 1 aliphatic heterocycles. The van der Waals surface area contributed by atoms with Crippen molar-refractivity contribution in [3.63, 3.8) is 0 Å². The van der Waals surface area contributed by atoms with Crippen LogP contribution in [0.3, 0.4) is 0 Å². The maximum Gasteiger partial charge on any atom is 0.119 e. The molecule has 88 valence electrons. The average molecular weight is 220 g/mol. The van der Waals surface area contributed by atoms with Gasteiger partial charge in [0.1, 0.15) is 5.75 Å². The molecule has 3 nitrogen and oxygen atoms in total. The molecule has 1 fully saturated rings. The van der Waals surface area contributed by atoms with E-state index in [4.69, 9.17) is 4.74 Å². The highest BCUT2D eigenvalue weighted by Crippen LogP contribution is 2.14. The van der Waals surface area contributed by atoms with Crippen LogP contribution in [-0.2, 0) is 6.54 Å². The second-order valence-electron chi connectivity index (χ2n) is 4.30. The molecule has 0 aromatic heterocycles. The lowest BCUT2D eigenvalue weighted by molar-refractivity contribution is 0.173. The van der Waals surface area contributed by atoms with E-state index in [1.165, 1.54) is 5.56 Å². The predicted molar refractivity (Wildman–Crippen MR) is 65.7 cm³/mol. The van der Waals surface area contributed by atoms with Gasteiger partial charge in [-0.05, 0) is 31.7 Å². The average Bonchev–Trinajstić information content (AvgIpc) is 2.18. The van der Waals surface area contributed by atoms with Gasteiger partial charge in [0, 0.05) is 25.7 Å². The second kappa shape index (κ2) is 5.32. The molecule has 2 rings (SSSR count). The quantitative estimate of drug-likeness (QED) is 0.813. The maximum absolute atomic E-state index is 5.42. The molecule has 0 amide bonds. The summed E-state index contributed by atoms with van der Waals surface area (Å²) in [6.07, 6.45) is 0. The molecule has 1 aromatic carbocycles. The van der Waals surface area contributed by atoms with Crippen molar-refractivity contribution in [3.05, 3.63) is 29.8 Å². The molecule has 0 atom stereocenters. The van der Waals surface area contributed by atoms with Gasteiger partial charge in [-0.2, -0.15) is 0 Å². The normalized spacial score (nSPS) is 16.2. The van der Waals surface area contributed by atoms with Crippen molar-refractivity contribution in [1.29, 1.82) is 0 Å². The Balaban J connectivity index is 1.88. The summed E-state index contributed by atoms with van der Waals surface area (Å²) >= 11 is 0. The van der Waals surface area contributed by atoms with Gasteiger partial charge in [-0.3, -0.25) is 4.90 Å². The van der Waals surface area contributed by atoms with Crippen LogP contribution in [0.4, 0.5) is 0 Å². The van der Waals surface area contributed by atoms with Crippen molar-refractivity contribution < 1.29 is 4.74 Å². The Kier molecular flexibility index (Phi) is 3.80. The summed E-state index contributed by atoms with van der Waals surface area (Å²) in [6, 6.07) is 9.09. The molecule has 1 aromatic rings.